The Morgan fingerprint density at radius 3 is 2.65 bits per heavy atom. The number of benzene rings is 2. The maximum Gasteiger partial charge on any atom is 0.408 e. The molecule has 4 nitrogen and oxygen atoms in total. The normalized spacial score (nSPS) is 20.1. The molecule has 1 aliphatic heterocycles. The van der Waals surface area contributed by atoms with Crippen molar-refractivity contribution in [2.45, 2.75) is 12.1 Å². The minimum atomic E-state index is -0.571. The lowest BCUT2D eigenvalue weighted by Crippen LogP contribution is -2.25. The van der Waals surface area contributed by atoms with E-state index >= 15 is 0 Å². The number of halogens is 2. The number of nitrogens with one attached hydrogen (secondary N) is 1. The second-order valence-electron chi connectivity index (χ2n) is 5.63. The number of carbonyl (C=O) groups is 1. The first-order valence-corrected chi connectivity index (χ1v) is 8.66. The minimum Gasteiger partial charge on any atom is -0.439 e. The molecule has 3 rings (SSSR count). The molecule has 0 aromatic heterocycles. The van der Waals surface area contributed by atoms with E-state index in [4.69, 9.17) is 27.9 Å². The number of cyclic esters (lactones) is 1. The van der Waals surface area contributed by atoms with E-state index in [0.29, 0.717) is 15.6 Å². The average Bonchev–Trinajstić information content (AvgIpc) is 3.02. The number of hydrogen-bond donors (Lipinski definition) is 1. The smallest absolute Gasteiger partial charge is 0.408 e. The van der Waals surface area contributed by atoms with Crippen LogP contribution in [-0.4, -0.2) is 18.9 Å². The molecule has 2 atom stereocenters. The van der Waals surface area contributed by atoms with Crippen molar-refractivity contribution in [3.05, 3.63) is 88.1 Å². The summed E-state index contributed by atoms with van der Waals surface area (Å²) >= 11 is 12.4. The summed E-state index contributed by atoms with van der Waals surface area (Å²) in [5, 5.41) is 3.56. The van der Waals surface area contributed by atoms with E-state index in [0.717, 1.165) is 11.1 Å². The molecular weight excluding hydrogens is 371 g/mol. The summed E-state index contributed by atoms with van der Waals surface area (Å²) in [5.41, 5.74) is 2.50. The summed E-state index contributed by atoms with van der Waals surface area (Å²) in [6.45, 7) is 3.51. The Hall–Kier alpha value is -2.56. The third-order valence-electron chi connectivity index (χ3n) is 3.95. The molecule has 0 saturated carbocycles. The Labute approximate surface area is 161 Å². The Morgan fingerprint density at radius 2 is 1.92 bits per heavy atom. The van der Waals surface area contributed by atoms with Gasteiger partial charge in [0.2, 0.25) is 0 Å². The van der Waals surface area contributed by atoms with Gasteiger partial charge in [0.25, 0.3) is 0 Å². The lowest BCUT2D eigenvalue weighted by atomic mass is 10.00. The molecule has 2 aromatic rings. The van der Waals surface area contributed by atoms with Gasteiger partial charge in [0, 0.05) is 11.8 Å². The summed E-state index contributed by atoms with van der Waals surface area (Å²) < 4.78 is 5.39. The van der Waals surface area contributed by atoms with Crippen LogP contribution in [0.25, 0.3) is 5.57 Å². The first-order valence-electron chi connectivity index (χ1n) is 7.91. The molecule has 1 N–H and O–H groups in total. The monoisotopic (exact) mass is 386 g/mol. The van der Waals surface area contributed by atoms with Crippen LogP contribution in [0.4, 0.5) is 4.79 Å². The molecular formula is C20H16Cl2N2O2. The fourth-order valence-electron chi connectivity index (χ4n) is 2.73. The van der Waals surface area contributed by atoms with E-state index in [2.05, 4.69) is 17.0 Å². The molecule has 0 bridgehead atoms. The third kappa shape index (κ3) is 3.98. The van der Waals surface area contributed by atoms with Gasteiger partial charge in [0.1, 0.15) is 0 Å². The van der Waals surface area contributed by atoms with Crippen LogP contribution in [0, 0.1) is 0 Å². The summed E-state index contributed by atoms with van der Waals surface area (Å²) in [6.07, 6.45) is 4.29. The Morgan fingerprint density at radius 1 is 1.15 bits per heavy atom. The number of carbonyl (C=O) groups excluding carboxylic acids is 1. The predicted octanol–water partition coefficient (Wildman–Crippen LogP) is 5.44. The molecule has 0 aliphatic carbocycles. The minimum absolute atomic E-state index is 0.376. The van der Waals surface area contributed by atoms with Gasteiger partial charge < -0.3 is 10.1 Å². The maximum atomic E-state index is 11.8. The van der Waals surface area contributed by atoms with Crippen LogP contribution >= 0.6 is 23.2 Å². The standard InChI is InChI=1S/C20H16Cl2N2O2/c1-23-12-14(13-6-3-2-4-7-13)10-11-17-19(26-20(25)24-17)15-8-5-9-16(21)18(15)22/h2-12,17,19H,1H2,(H,24,25)/b11-10+,14-12+/t17-,19-/m1/s1. The fraction of sp³-hybridized carbons (Fsp3) is 0.100. The SMILES string of the molecule is C=N/C=C(\C=C\[C@H]1NC(=O)O[C@@H]1c1cccc(Cl)c1Cl)c1ccccc1. The van der Waals surface area contributed by atoms with Gasteiger partial charge in [-0.1, -0.05) is 77.8 Å². The van der Waals surface area contributed by atoms with Crippen LogP contribution in [-0.2, 0) is 4.74 Å². The molecule has 0 radical (unpaired) electrons. The maximum absolute atomic E-state index is 11.8. The van der Waals surface area contributed by atoms with Crippen molar-refractivity contribution in [2.24, 2.45) is 4.99 Å². The zero-order valence-electron chi connectivity index (χ0n) is 13.7. The lowest BCUT2D eigenvalue weighted by molar-refractivity contribution is 0.136. The van der Waals surface area contributed by atoms with Crippen LogP contribution in [0.5, 0.6) is 0 Å². The lowest BCUT2D eigenvalue weighted by Gasteiger charge is -2.16. The van der Waals surface area contributed by atoms with Gasteiger partial charge in [-0.05, 0) is 23.9 Å². The largest absolute Gasteiger partial charge is 0.439 e. The second kappa shape index (κ2) is 8.21. The van der Waals surface area contributed by atoms with Crippen LogP contribution < -0.4 is 5.32 Å². The molecule has 0 spiro atoms. The Balaban J connectivity index is 1.90. The van der Waals surface area contributed by atoms with Crippen LogP contribution in [0.3, 0.4) is 0 Å². The predicted molar refractivity (Wildman–Crippen MR) is 106 cm³/mol. The number of amides is 1. The van der Waals surface area contributed by atoms with Crippen molar-refractivity contribution in [3.63, 3.8) is 0 Å². The van der Waals surface area contributed by atoms with Crippen molar-refractivity contribution < 1.29 is 9.53 Å². The van der Waals surface area contributed by atoms with Crippen LogP contribution in [0.2, 0.25) is 10.0 Å². The highest BCUT2D eigenvalue weighted by molar-refractivity contribution is 6.42. The number of aliphatic imine (C=N–C) groups is 1. The van der Waals surface area contributed by atoms with Crippen LogP contribution in [0.15, 0.2) is 71.9 Å². The highest BCUT2D eigenvalue weighted by Crippen LogP contribution is 2.36. The van der Waals surface area contributed by atoms with Gasteiger partial charge in [-0.15, -0.1) is 0 Å². The summed E-state index contributed by atoms with van der Waals surface area (Å²) in [5.74, 6) is 0. The number of alkyl carbamates (subject to hydrolysis) is 1. The van der Waals surface area contributed by atoms with Crippen molar-refractivity contribution in [2.75, 3.05) is 0 Å². The van der Waals surface area contributed by atoms with Crippen molar-refractivity contribution in [3.8, 4) is 0 Å². The zero-order valence-corrected chi connectivity index (χ0v) is 15.2. The summed E-state index contributed by atoms with van der Waals surface area (Å²) in [4.78, 5) is 15.6. The van der Waals surface area contributed by atoms with Gasteiger partial charge in [-0.25, -0.2) is 4.79 Å². The zero-order chi connectivity index (χ0) is 18.5. The third-order valence-corrected chi connectivity index (χ3v) is 4.79. The second-order valence-corrected chi connectivity index (χ2v) is 6.42. The molecule has 0 unspecified atom stereocenters. The molecule has 1 aliphatic rings. The fourth-order valence-corrected chi connectivity index (χ4v) is 3.15. The van der Waals surface area contributed by atoms with Crippen LogP contribution in [0.1, 0.15) is 17.2 Å². The van der Waals surface area contributed by atoms with Gasteiger partial charge >= 0.3 is 6.09 Å². The molecule has 6 heteroatoms. The molecule has 1 saturated heterocycles. The quantitative estimate of drug-likeness (QED) is 0.549. The van der Waals surface area contributed by atoms with Gasteiger partial charge in [0.05, 0.1) is 16.1 Å². The van der Waals surface area contributed by atoms with E-state index in [1.54, 1.807) is 24.4 Å². The first-order chi connectivity index (χ1) is 12.6. The number of allylic oxidation sites excluding steroid dienone is 2. The summed E-state index contributed by atoms with van der Waals surface area (Å²) in [7, 11) is 0. The Bertz CT molecular complexity index is 879. The Kier molecular flexibility index (Phi) is 5.76. The average molecular weight is 387 g/mol. The number of rotatable bonds is 5. The van der Waals surface area contributed by atoms with Crippen molar-refractivity contribution >= 4 is 41.6 Å². The summed E-state index contributed by atoms with van der Waals surface area (Å²) in [6, 6.07) is 14.6. The first kappa shape index (κ1) is 18.2. The molecule has 1 fully saturated rings. The van der Waals surface area contributed by atoms with Crippen molar-refractivity contribution in [1.29, 1.82) is 0 Å². The van der Waals surface area contributed by atoms with Crippen molar-refractivity contribution in [1.82, 2.24) is 5.32 Å². The topological polar surface area (TPSA) is 50.7 Å². The van der Waals surface area contributed by atoms with Gasteiger partial charge in [-0.3, -0.25) is 4.99 Å². The molecule has 26 heavy (non-hydrogen) atoms. The number of hydrogen-bond acceptors (Lipinski definition) is 3. The molecule has 1 amide bonds. The molecule has 1 heterocycles. The van der Waals surface area contributed by atoms with E-state index in [1.807, 2.05) is 42.5 Å². The van der Waals surface area contributed by atoms with Gasteiger partial charge in [-0.2, -0.15) is 0 Å². The van der Waals surface area contributed by atoms with E-state index < -0.39 is 18.2 Å². The van der Waals surface area contributed by atoms with Gasteiger partial charge in [0.15, 0.2) is 6.10 Å². The highest BCUT2D eigenvalue weighted by Gasteiger charge is 2.35. The molecule has 2 aromatic carbocycles. The van der Waals surface area contributed by atoms with E-state index in [1.165, 1.54) is 0 Å². The highest BCUT2D eigenvalue weighted by atomic mass is 35.5. The van der Waals surface area contributed by atoms with E-state index in [9.17, 15) is 4.79 Å². The number of nitrogens with zero attached hydrogens (tertiary/aromatic N) is 1. The number of ether oxygens (including phenoxy) is 1. The molecule has 132 valence electrons. The van der Waals surface area contributed by atoms with E-state index in [-0.39, 0.29) is 0 Å².